The van der Waals surface area contributed by atoms with Gasteiger partial charge in [0, 0.05) is 68.4 Å². The van der Waals surface area contributed by atoms with Gasteiger partial charge in [0.15, 0.2) is 0 Å². The lowest BCUT2D eigenvalue weighted by atomic mass is 9.56. The Bertz CT molecular complexity index is 1250. The summed E-state index contributed by atoms with van der Waals surface area (Å²) in [4.78, 5) is 27.1. The molecule has 1 spiro atoms. The van der Waals surface area contributed by atoms with Crippen molar-refractivity contribution in [1.82, 2.24) is 29.5 Å². The summed E-state index contributed by atoms with van der Waals surface area (Å²) in [6, 6.07) is 6.08. The number of ketones is 1. The molecule has 36 heavy (non-hydrogen) atoms. The lowest BCUT2D eigenvalue weighted by Crippen LogP contribution is -2.63. The minimum Gasteiger partial charge on any atom is -0.300 e. The molecule has 8 heteroatoms. The molecule has 3 aromatic rings. The number of likely N-dealkylation sites (tertiary alicyclic amines) is 2. The number of fused-ring (bicyclic) bond motifs is 1. The van der Waals surface area contributed by atoms with Gasteiger partial charge >= 0.3 is 0 Å². The number of pyridine rings is 2. The summed E-state index contributed by atoms with van der Waals surface area (Å²) < 4.78 is 14.5. The van der Waals surface area contributed by atoms with Crippen LogP contribution >= 0.6 is 0 Å². The molecule has 0 unspecified atom stereocenters. The number of aryl methyl sites for hydroxylation is 1. The van der Waals surface area contributed by atoms with Crippen molar-refractivity contribution in [2.24, 2.45) is 18.4 Å². The molecule has 0 bridgehead atoms. The highest BCUT2D eigenvalue weighted by atomic mass is 19.1. The van der Waals surface area contributed by atoms with Crippen LogP contribution in [0, 0.1) is 11.3 Å². The van der Waals surface area contributed by atoms with Crippen molar-refractivity contribution in [3.8, 4) is 11.3 Å². The van der Waals surface area contributed by atoms with E-state index in [1.54, 1.807) is 0 Å². The van der Waals surface area contributed by atoms with Gasteiger partial charge in [0.25, 0.3) is 0 Å². The standard InChI is InChI=1S/C28H35FN6O/c1-33-26(17-34-8-3-2-4-9-34)23(16-31-33)24-6-5-20-15-30-22(11-25(20)32-24)12-27(36)21-13-28(14-21)18-35(19-28)10-7-29/h5-6,11,15-16,21H,2-4,7-10,12-14,17-19H2,1H3. The van der Waals surface area contributed by atoms with Crippen LogP contribution in [0.25, 0.3) is 22.2 Å². The Balaban J connectivity index is 1.15. The molecule has 3 aliphatic rings. The van der Waals surface area contributed by atoms with Gasteiger partial charge in [0.05, 0.1) is 23.1 Å². The Kier molecular flexibility index (Phi) is 6.33. The monoisotopic (exact) mass is 490 g/mol. The van der Waals surface area contributed by atoms with Gasteiger partial charge in [-0.05, 0) is 62.4 Å². The molecule has 1 saturated carbocycles. The molecule has 2 saturated heterocycles. The predicted octanol–water partition coefficient (Wildman–Crippen LogP) is 3.81. The molecule has 1 aliphatic carbocycles. The lowest BCUT2D eigenvalue weighted by Gasteiger charge is -2.58. The minimum atomic E-state index is -0.289. The third-order valence-electron chi connectivity index (χ3n) is 8.48. The average Bonchev–Trinajstić information content (AvgIpc) is 3.19. The van der Waals surface area contributed by atoms with E-state index >= 15 is 0 Å². The first kappa shape index (κ1) is 23.7. The van der Waals surface area contributed by atoms with Crippen LogP contribution in [0.15, 0.2) is 30.6 Å². The normalized spacial score (nSPS) is 20.5. The Morgan fingerprint density at radius 2 is 1.92 bits per heavy atom. The van der Waals surface area contributed by atoms with Crippen LogP contribution < -0.4 is 0 Å². The molecule has 6 rings (SSSR count). The van der Waals surface area contributed by atoms with Gasteiger partial charge in [-0.3, -0.25) is 24.3 Å². The molecular weight excluding hydrogens is 455 g/mol. The molecule has 5 heterocycles. The van der Waals surface area contributed by atoms with Gasteiger partial charge in [-0.1, -0.05) is 6.42 Å². The highest BCUT2D eigenvalue weighted by Crippen LogP contribution is 2.52. The van der Waals surface area contributed by atoms with Gasteiger partial charge in [0.2, 0.25) is 0 Å². The van der Waals surface area contributed by atoms with E-state index < -0.39 is 0 Å². The number of piperidine rings is 1. The van der Waals surface area contributed by atoms with E-state index in [0.717, 1.165) is 73.4 Å². The second kappa shape index (κ2) is 9.63. The molecular formula is C28H35FN6O. The van der Waals surface area contributed by atoms with Gasteiger partial charge in [-0.25, -0.2) is 9.37 Å². The van der Waals surface area contributed by atoms with Crippen molar-refractivity contribution in [2.75, 3.05) is 39.4 Å². The summed E-state index contributed by atoms with van der Waals surface area (Å²) in [7, 11) is 2.00. The summed E-state index contributed by atoms with van der Waals surface area (Å²) in [5.41, 5.74) is 5.08. The number of halogens is 1. The Morgan fingerprint density at radius 1 is 1.11 bits per heavy atom. The molecule has 0 N–H and O–H groups in total. The van der Waals surface area contributed by atoms with Crippen molar-refractivity contribution in [1.29, 1.82) is 0 Å². The maximum absolute atomic E-state index is 12.9. The number of hydrogen-bond donors (Lipinski definition) is 0. The maximum atomic E-state index is 12.9. The van der Waals surface area contributed by atoms with Crippen LogP contribution in [-0.2, 0) is 24.8 Å². The number of alkyl halides is 1. The van der Waals surface area contributed by atoms with Crippen molar-refractivity contribution in [3.05, 3.63) is 42.0 Å². The number of carbonyl (C=O) groups is 1. The van der Waals surface area contributed by atoms with Crippen molar-refractivity contribution in [3.63, 3.8) is 0 Å². The van der Waals surface area contributed by atoms with Crippen molar-refractivity contribution in [2.45, 2.75) is 45.1 Å². The number of aromatic nitrogens is 4. The second-order valence-electron chi connectivity index (χ2n) is 11.2. The molecule has 0 aromatic carbocycles. The fraction of sp³-hybridized carbons (Fsp3) is 0.571. The fourth-order valence-electron chi connectivity index (χ4n) is 6.47. The Morgan fingerprint density at radius 3 is 2.69 bits per heavy atom. The zero-order chi connectivity index (χ0) is 24.7. The molecule has 2 aliphatic heterocycles. The molecule has 0 amide bonds. The number of nitrogens with zero attached hydrogens (tertiary/aromatic N) is 6. The Hall–Kier alpha value is -2.71. The number of carbonyl (C=O) groups excluding carboxylic acids is 1. The number of hydrogen-bond acceptors (Lipinski definition) is 6. The van der Waals surface area contributed by atoms with Crippen molar-refractivity contribution < 1.29 is 9.18 Å². The van der Waals surface area contributed by atoms with E-state index in [4.69, 9.17) is 4.98 Å². The quantitative estimate of drug-likeness (QED) is 0.478. The topological polar surface area (TPSA) is 67.2 Å². The van der Waals surface area contributed by atoms with Crippen LogP contribution in [0.1, 0.15) is 43.5 Å². The smallest absolute Gasteiger partial charge is 0.141 e. The highest BCUT2D eigenvalue weighted by molar-refractivity contribution is 5.86. The molecule has 3 fully saturated rings. The van der Waals surface area contributed by atoms with E-state index in [1.807, 2.05) is 36.3 Å². The van der Waals surface area contributed by atoms with Crippen LogP contribution in [0.4, 0.5) is 4.39 Å². The first-order valence-electron chi connectivity index (χ1n) is 13.3. The summed E-state index contributed by atoms with van der Waals surface area (Å²) in [5.74, 6) is 0.380. The van der Waals surface area contributed by atoms with Crippen LogP contribution in [0.2, 0.25) is 0 Å². The van der Waals surface area contributed by atoms with Gasteiger partial charge in [0.1, 0.15) is 12.5 Å². The number of Topliss-reactive ketones (excluding diaryl/α,β-unsaturated/α-hetero) is 1. The predicted molar refractivity (Wildman–Crippen MR) is 137 cm³/mol. The third-order valence-corrected chi connectivity index (χ3v) is 8.48. The first-order valence-corrected chi connectivity index (χ1v) is 13.3. The SMILES string of the molecule is Cn1ncc(-c2ccc3cnc(CC(=O)C4CC5(C4)CN(CCF)C5)cc3n2)c1CN1CCCCC1. The van der Waals surface area contributed by atoms with Gasteiger partial charge in [-0.2, -0.15) is 5.10 Å². The van der Waals surface area contributed by atoms with Crippen molar-refractivity contribution >= 4 is 16.7 Å². The molecule has 0 radical (unpaired) electrons. The van der Waals surface area contributed by atoms with E-state index in [0.29, 0.717) is 13.0 Å². The minimum absolute atomic E-state index is 0.113. The zero-order valence-corrected chi connectivity index (χ0v) is 21.1. The largest absolute Gasteiger partial charge is 0.300 e. The van der Waals surface area contributed by atoms with Crippen LogP contribution in [0.3, 0.4) is 0 Å². The van der Waals surface area contributed by atoms with E-state index in [9.17, 15) is 9.18 Å². The van der Waals surface area contributed by atoms with E-state index in [1.165, 1.54) is 25.0 Å². The van der Waals surface area contributed by atoms with E-state index in [2.05, 4.69) is 25.9 Å². The second-order valence-corrected chi connectivity index (χ2v) is 11.2. The molecule has 0 atom stereocenters. The Labute approximate surface area is 211 Å². The third kappa shape index (κ3) is 4.57. The fourth-order valence-corrected chi connectivity index (χ4v) is 6.47. The summed E-state index contributed by atoms with van der Waals surface area (Å²) >= 11 is 0. The lowest BCUT2D eigenvalue weighted by molar-refractivity contribution is -0.141. The maximum Gasteiger partial charge on any atom is 0.141 e. The zero-order valence-electron chi connectivity index (χ0n) is 21.1. The summed E-state index contributed by atoms with van der Waals surface area (Å²) in [5, 5.41) is 5.51. The van der Waals surface area contributed by atoms with E-state index in [-0.39, 0.29) is 23.8 Å². The van der Waals surface area contributed by atoms with Crippen LogP contribution in [-0.4, -0.2) is 74.7 Å². The first-order chi connectivity index (χ1) is 17.5. The summed E-state index contributed by atoms with van der Waals surface area (Å²) in [6.45, 7) is 5.27. The summed E-state index contributed by atoms with van der Waals surface area (Å²) in [6.07, 6.45) is 9.81. The average molecular weight is 491 g/mol. The van der Waals surface area contributed by atoms with Gasteiger partial charge < -0.3 is 0 Å². The molecule has 3 aromatic heterocycles. The number of rotatable bonds is 8. The molecule has 190 valence electrons. The molecule has 7 nitrogen and oxygen atoms in total. The van der Waals surface area contributed by atoms with Crippen LogP contribution in [0.5, 0.6) is 0 Å². The van der Waals surface area contributed by atoms with Gasteiger partial charge in [-0.15, -0.1) is 0 Å². The highest BCUT2D eigenvalue weighted by Gasteiger charge is 2.53.